The number of rotatable bonds is 13. The number of benzene rings is 4. The highest BCUT2D eigenvalue weighted by Gasteiger charge is 2.54. The maximum absolute atomic E-state index is 14.6. The molecule has 1 aliphatic heterocycles. The van der Waals surface area contributed by atoms with E-state index in [1.165, 1.54) is 6.07 Å². The van der Waals surface area contributed by atoms with Crippen LogP contribution in [0.5, 0.6) is 5.75 Å². The van der Waals surface area contributed by atoms with Gasteiger partial charge in [-0.1, -0.05) is 69.6 Å². The van der Waals surface area contributed by atoms with Gasteiger partial charge in [0, 0.05) is 58.1 Å². The van der Waals surface area contributed by atoms with Crippen molar-refractivity contribution in [2.75, 3.05) is 13.2 Å². The van der Waals surface area contributed by atoms with Crippen molar-refractivity contribution in [1.29, 1.82) is 0 Å². The van der Waals surface area contributed by atoms with Gasteiger partial charge in [0.15, 0.2) is 11.6 Å². The fourth-order valence-corrected chi connectivity index (χ4v) is 5.72. The normalized spacial score (nSPS) is 17.0. The average molecular weight is 691 g/mol. The molecule has 4 aromatic rings. The zero-order valence-electron chi connectivity index (χ0n) is 24.6. The molecule has 1 amide bonds. The highest BCUT2D eigenvalue weighted by atomic mass is 79.9. The molecule has 0 saturated carbocycles. The van der Waals surface area contributed by atoms with Crippen LogP contribution in [0, 0.1) is 11.6 Å². The summed E-state index contributed by atoms with van der Waals surface area (Å²) in [6.45, 7) is 0.203. The molecule has 9 nitrogen and oxygen atoms in total. The number of aliphatic hydroxyl groups is 1. The smallest absolute Gasteiger partial charge is 0.252 e. The Bertz CT molecular complexity index is 1780. The van der Waals surface area contributed by atoms with Gasteiger partial charge in [0.25, 0.3) is 5.91 Å². The van der Waals surface area contributed by atoms with Crippen LogP contribution in [-0.4, -0.2) is 35.7 Å². The van der Waals surface area contributed by atoms with Gasteiger partial charge in [-0.15, -0.1) is 0 Å². The molecule has 4 aromatic carbocycles. The molecular formula is C34H30BrF2N5O4. The van der Waals surface area contributed by atoms with Crippen LogP contribution >= 0.6 is 15.9 Å². The largest absolute Gasteiger partial charge is 0.494 e. The van der Waals surface area contributed by atoms with E-state index in [1.54, 1.807) is 24.3 Å². The van der Waals surface area contributed by atoms with E-state index in [0.717, 1.165) is 12.1 Å². The fourth-order valence-electron chi connectivity index (χ4n) is 5.22. The molecule has 0 spiro atoms. The number of azide groups is 1. The predicted octanol–water partition coefficient (Wildman–Crippen LogP) is 7.11. The molecule has 5 rings (SSSR count). The number of hydrogen-bond acceptors (Lipinski definition) is 6. The molecule has 0 aromatic heterocycles. The van der Waals surface area contributed by atoms with E-state index in [1.807, 2.05) is 48.5 Å². The lowest BCUT2D eigenvalue weighted by molar-refractivity contribution is -0.129. The number of carbonyl (C=O) groups excluding carboxylic acids is 1. The Kier molecular flexibility index (Phi) is 10.6. The Morgan fingerprint density at radius 2 is 1.78 bits per heavy atom. The van der Waals surface area contributed by atoms with Gasteiger partial charge in [0.1, 0.15) is 17.4 Å². The van der Waals surface area contributed by atoms with Gasteiger partial charge >= 0.3 is 0 Å². The van der Waals surface area contributed by atoms with Crippen LogP contribution in [0.2, 0.25) is 0 Å². The highest BCUT2D eigenvalue weighted by molar-refractivity contribution is 9.10. The van der Waals surface area contributed by atoms with Crippen molar-refractivity contribution in [3.63, 3.8) is 0 Å². The standard InChI is InChI=1S/C34H30BrF2N5O4/c35-29-9-4-3-8-28(29)31-34(19-23-6-1-2-7-24(23)21-40-42-38,33(44)39-20-25-10-13-26(36)18-30(25)37)41-32(46-31)22-11-14-27(15-12-22)45-17-5-16-43/h1-4,6-15,18,31,43H,5,16-17,19-21H2,(H,39,44)/t31-,34-/m1/s1. The second-order valence-corrected chi connectivity index (χ2v) is 11.4. The van der Waals surface area contributed by atoms with Crippen LogP contribution in [0.1, 0.15) is 40.3 Å². The molecule has 236 valence electrons. The Balaban J connectivity index is 1.61. The second-order valence-electron chi connectivity index (χ2n) is 10.6. The molecule has 2 atom stereocenters. The third-order valence-electron chi connectivity index (χ3n) is 7.55. The van der Waals surface area contributed by atoms with Crippen molar-refractivity contribution >= 4 is 27.7 Å². The van der Waals surface area contributed by atoms with Gasteiger partial charge in [-0.05, 0) is 53.1 Å². The van der Waals surface area contributed by atoms with Crippen LogP contribution in [0.25, 0.3) is 10.4 Å². The van der Waals surface area contributed by atoms with Crippen LogP contribution < -0.4 is 10.1 Å². The van der Waals surface area contributed by atoms with Crippen molar-refractivity contribution in [1.82, 2.24) is 5.32 Å². The SMILES string of the molecule is [N-]=[N+]=NCc1ccccc1C[C@@]1(C(=O)NCc2ccc(F)cc2F)N=C(c2ccc(OCCCO)cc2)O[C@@H]1c1ccccc1Br. The Hall–Kier alpha value is -4.77. The maximum Gasteiger partial charge on any atom is 0.252 e. The fraction of sp³-hybridized carbons (Fsp3) is 0.235. The molecule has 2 N–H and O–H groups in total. The molecule has 0 aliphatic carbocycles. The monoisotopic (exact) mass is 689 g/mol. The molecule has 0 saturated heterocycles. The summed E-state index contributed by atoms with van der Waals surface area (Å²) >= 11 is 3.61. The van der Waals surface area contributed by atoms with Crippen molar-refractivity contribution in [3.05, 3.63) is 145 Å². The van der Waals surface area contributed by atoms with E-state index in [-0.39, 0.29) is 37.6 Å². The molecule has 0 fully saturated rings. The summed E-state index contributed by atoms with van der Waals surface area (Å²) < 4.78 is 41.1. The minimum absolute atomic E-state index is 0.0170. The van der Waals surface area contributed by atoms with Crippen LogP contribution in [-0.2, 0) is 29.0 Å². The van der Waals surface area contributed by atoms with Crippen molar-refractivity contribution in [2.45, 2.75) is 37.6 Å². The number of carbonyl (C=O) groups is 1. The lowest BCUT2D eigenvalue weighted by Gasteiger charge is -2.32. The van der Waals surface area contributed by atoms with Gasteiger partial charge in [-0.3, -0.25) is 4.79 Å². The first-order valence-corrected chi connectivity index (χ1v) is 15.3. The molecule has 1 aliphatic rings. The minimum atomic E-state index is -1.61. The Labute approximate surface area is 272 Å². The van der Waals surface area contributed by atoms with Gasteiger partial charge in [-0.2, -0.15) is 0 Å². The summed E-state index contributed by atoms with van der Waals surface area (Å²) in [7, 11) is 0. The quantitative estimate of drug-likeness (QED) is 0.0671. The van der Waals surface area contributed by atoms with Gasteiger partial charge < -0.3 is 19.9 Å². The van der Waals surface area contributed by atoms with Gasteiger partial charge in [-0.25, -0.2) is 13.8 Å². The number of aliphatic hydroxyl groups excluding tert-OH is 1. The van der Waals surface area contributed by atoms with Crippen LogP contribution in [0.3, 0.4) is 0 Å². The molecule has 0 radical (unpaired) electrons. The zero-order chi connectivity index (χ0) is 32.5. The summed E-state index contributed by atoms with van der Waals surface area (Å²) in [5, 5.41) is 15.6. The second kappa shape index (κ2) is 15.0. The molecule has 0 unspecified atom stereocenters. The third kappa shape index (κ3) is 7.37. The van der Waals surface area contributed by atoms with Crippen molar-refractivity contribution < 1.29 is 28.2 Å². The summed E-state index contributed by atoms with van der Waals surface area (Å²) in [4.78, 5) is 22.4. The summed E-state index contributed by atoms with van der Waals surface area (Å²) in [6, 6.07) is 24.8. The van der Waals surface area contributed by atoms with E-state index >= 15 is 0 Å². The first kappa shape index (κ1) is 32.6. The Morgan fingerprint density at radius 1 is 1.04 bits per heavy atom. The van der Waals surface area contributed by atoms with E-state index < -0.39 is 29.2 Å². The highest BCUT2D eigenvalue weighted by Crippen LogP contribution is 2.45. The molecule has 12 heteroatoms. The van der Waals surface area contributed by atoms with E-state index in [9.17, 15) is 13.6 Å². The van der Waals surface area contributed by atoms with E-state index in [2.05, 4.69) is 31.3 Å². The van der Waals surface area contributed by atoms with E-state index in [4.69, 9.17) is 25.1 Å². The number of halogens is 3. The number of amides is 1. The molecule has 0 bridgehead atoms. The first-order valence-electron chi connectivity index (χ1n) is 14.5. The number of aliphatic imine (C=N–C) groups is 1. The first-order chi connectivity index (χ1) is 22.3. The number of ether oxygens (including phenoxy) is 2. The van der Waals surface area contributed by atoms with Crippen molar-refractivity contribution in [2.24, 2.45) is 10.1 Å². The Morgan fingerprint density at radius 3 is 2.50 bits per heavy atom. The van der Waals surface area contributed by atoms with Gasteiger partial charge in [0.05, 0.1) is 13.2 Å². The summed E-state index contributed by atoms with van der Waals surface area (Å²) in [5.41, 5.74) is 10.1. The number of nitrogens with one attached hydrogen (secondary N) is 1. The van der Waals surface area contributed by atoms with Gasteiger partial charge in [0.2, 0.25) is 5.90 Å². The number of hydrogen-bond donors (Lipinski definition) is 2. The average Bonchev–Trinajstić information content (AvgIpc) is 3.44. The summed E-state index contributed by atoms with van der Waals surface area (Å²) in [6.07, 6.45) is -0.407. The molecule has 46 heavy (non-hydrogen) atoms. The van der Waals surface area contributed by atoms with Crippen molar-refractivity contribution in [3.8, 4) is 5.75 Å². The topological polar surface area (TPSA) is 129 Å². The van der Waals surface area contributed by atoms with Crippen LogP contribution in [0.15, 0.2) is 106 Å². The van der Waals surface area contributed by atoms with E-state index in [0.29, 0.717) is 45.5 Å². The molecule has 1 heterocycles. The minimum Gasteiger partial charge on any atom is -0.494 e. The lowest BCUT2D eigenvalue weighted by Crippen LogP contribution is -2.50. The third-order valence-corrected chi connectivity index (χ3v) is 8.28. The summed E-state index contributed by atoms with van der Waals surface area (Å²) in [5.74, 6) is -1.26. The zero-order valence-corrected chi connectivity index (χ0v) is 26.2. The lowest BCUT2D eigenvalue weighted by atomic mass is 9.81. The maximum atomic E-state index is 14.6. The number of nitrogens with zero attached hydrogens (tertiary/aromatic N) is 4. The predicted molar refractivity (Wildman–Crippen MR) is 172 cm³/mol. The van der Waals surface area contributed by atoms with Crippen LogP contribution in [0.4, 0.5) is 8.78 Å². The molecular weight excluding hydrogens is 660 g/mol.